The van der Waals surface area contributed by atoms with Crippen LogP contribution in [0.2, 0.25) is 0 Å². The van der Waals surface area contributed by atoms with Crippen LogP contribution in [0.25, 0.3) is 0 Å². The molecular formula is C19H23N3O3S. The van der Waals surface area contributed by atoms with E-state index in [1.54, 1.807) is 18.2 Å². The van der Waals surface area contributed by atoms with Crippen LogP contribution in [0.4, 0.5) is 11.4 Å². The first-order valence-corrected chi connectivity index (χ1v) is 10.2. The lowest BCUT2D eigenvalue weighted by Gasteiger charge is -2.21. The lowest BCUT2D eigenvalue weighted by molar-refractivity contribution is -0.116. The molecule has 0 unspecified atom stereocenters. The fourth-order valence-electron chi connectivity index (χ4n) is 3.01. The van der Waals surface area contributed by atoms with Crippen LogP contribution in [0.3, 0.4) is 0 Å². The fourth-order valence-corrected chi connectivity index (χ4v) is 4.06. The molecule has 0 radical (unpaired) electrons. The van der Waals surface area contributed by atoms with Gasteiger partial charge in [0.1, 0.15) is 0 Å². The number of para-hydroxylation sites is 2. The van der Waals surface area contributed by atoms with Gasteiger partial charge in [0, 0.05) is 26.1 Å². The zero-order valence-electron chi connectivity index (χ0n) is 14.5. The number of anilines is 2. The van der Waals surface area contributed by atoms with Gasteiger partial charge >= 0.3 is 0 Å². The molecular weight excluding hydrogens is 350 g/mol. The Morgan fingerprint density at radius 3 is 2.35 bits per heavy atom. The van der Waals surface area contributed by atoms with Gasteiger partial charge in [0.25, 0.3) is 0 Å². The maximum Gasteiger partial charge on any atom is 0.240 e. The Hall–Kier alpha value is -2.38. The van der Waals surface area contributed by atoms with Gasteiger partial charge in [-0.1, -0.05) is 30.3 Å². The van der Waals surface area contributed by atoms with E-state index in [2.05, 4.69) is 14.9 Å². The lowest BCUT2D eigenvalue weighted by atomic mass is 10.2. The van der Waals surface area contributed by atoms with E-state index in [-0.39, 0.29) is 23.8 Å². The minimum absolute atomic E-state index is 0.0505. The number of hydrogen-bond acceptors (Lipinski definition) is 4. The van der Waals surface area contributed by atoms with E-state index < -0.39 is 10.0 Å². The van der Waals surface area contributed by atoms with Crippen LogP contribution < -0.4 is 14.9 Å². The second-order valence-corrected chi connectivity index (χ2v) is 7.99. The van der Waals surface area contributed by atoms with Crippen LogP contribution in [0, 0.1) is 0 Å². The third-order valence-electron chi connectivity index (χ3n) is 4.32. The van der Waals surface area contributed by atoms with E-state index >= 15 is 0 Å². The second-order valence-electron chi connectivity index (χ2n) is 6.22. The summed E-state index contributed by atoms with van der Waals surface area (Å²) in [4.78, 5) is 14.7. The normalized spacial score (nSPS) is 14.4. The van der Waals surface area contributed by atoms with E-state index in [0.717, 1.165) is 37.3 Å². The fraction of sp³-hybridized carbons (Fsp3) is 0.316. The van der Waals surface area contributed by atoms with Gasteiger partial charge in [-0.25, -0.2) is 13.1 Å². The first kappa shape index (κ1) is 18.4. The molecule has 1 aliphatic rings. The van der Waals surface area contributed by atoms with Gasteiger partial charge in [-0.15, -0.1) is 0 Å². The molecule has 0 aliphatic carbocycles. The quantitative estimate of drug-likeness (QED) is 0.782. The highest BCUT2D eigenvalue weighted by Gasteiger charge is 2.17. The molecule has 1 amide bonds. The topological polar surface area (TPSA) is 78.5 Å². The summed E-state index contributed by atoms with van der Waals surface area (Å²) >= 11 is 0. The standard InChI is InChI=1S/C19H23N3O3S/c23-19(12-13-20-26(24,25)16-8-2-1-3-9-16)21-17-10-4-5-11-18(17)22-14-6-7-15-22/h1-5,8-11,20H,6-7,12-15H2,(H,21,23). The molecule has 2 N–H and O–H groups in total. The van der Waals surface area contributed by atoms with E-state index in [4.69, 9.17) is 0 Å². The smallest absolute Gasteiger partial charge is 0.240 e. The van der Waals surface area contributed by atoms with Crippen molar-refractivity contribution in [3.05, 3.63) is 54.6 Å². The van der Waals surface area contributed by atoms with Crippen LogP contribution >= 0.6 is 0 Å². The van der Waals surface area contributed by atoms with Crippen molar-refractivity contribution in [1.82, 2.24) is 4.72 Å². The van der Waals surface area contributed by atoms with Gasteiger partial charge in [0.15, 0.2) is 0 Å². The number of benzene rings is 2. The summed E-state index contributed by atoms with van der Waals surface area (Å²) in [6, 6.07) is 15.8. The number of hydrogen-bond donors (Lipinski definition) is 2. The molecule has 0 bridgehead atoms. The van der Waals surface area contributed by atoms with Crippen LogP contribution in [0.5, 0.6) is 0 Å². The highest BCUT2D eigenvalue weighted by atomic mass is 32.2. The van der Waals surface area contributed by atoms with Crippen molar-refractivity contribution in [1.29, 1.82) is 0 Å². The molecule has 2 aromatic carbocycles. The summed E-state index contributed by atoms with van der Waals surface area (Å²) in [6.45, 7) is 2.03. The Morgan fingerprint density at radius 2 is 1.62 bits per heavy atom. The third-order valence-corrected chi connectivity index (χ3v) is 5.80. The Bertz CT molecular complexity index is 847. The highest BCUT2D eigenvalue weighted by molar-refractivity contribution is 7.89. The maximum absolute atomic E-state index is 12.2. The molecule has 1 heterocycles. The molecule has 138 valence electrons. The Kier molecular flexibility index (Phi) is 5.90. The summed E-state index contributed by atoms with van der Waals surface area (Å²) < 4.78 is 26.8. The summed E-state index contributed by atoms with van der Waals surface area (Å²) in [7, 11) is -3.59. The van der Waals surface area contributed by atoms with E-state index in [1.165, 1.54) is 12.1 Å². The molecule has 2 aromatic rings. The summed E-state index contributed by atoms with van der Waals surface area (Å²) in [5.74, 6) is -0.215. The molecule has 0 saturated carbocycles. The minimum Gasteiger partial charge on any atom is -0.370 e. The van der Waals surface area contributed by atoms with E-state index in [1.807, 2.05) is 24.3 Å². The summed E-state index contributed by atoms with van der Waals surface area (Å²) in [6.07, 6.45) is 2.38. The number of sulfonamides is 1. The molecule has 7 heteroatoms. The third kappa shape index (κ3) is 4.62. The van der Waals surface area contributed by atoms with Crippen molar-refractivity contribution in [3.63, 3.8) is 0 Å². The Morgan fingerprint density at radius 1 is 0.962 bits per heavy atom. The number of nitrogens with zero attached hydrogens (tertiary/aromatic N) is 1. The molecule has 1 aliphatic heterocycles. The van der Waals surface area contributed by atoms with Gasteiger partial charge in [-0.05, 0) is 37.1 Å². The zero-order chi connectivity index (χ0) is 18.4. The molecule has 3 rings (SSSR count). The minimum atomic E-state index is -3.59. The lowest BCUT2D eigenvalue weighted by Crippen LogP contribution is -2.28. The van der Waals surface area contributed by atoms with Gasteiger partial charge in [0.2, 0.25) is 15.9 Å². The van der Waals surface area contributed by atoms with Crippen molar-refractivity contribution < 1.29 is 13.2 Å². The number of carbonyl (C=O) groups excluding carboxylic acids is 1. The zero-order valence-corrected chi connectivity index (χ0v) is 15.3. The number of nitrogens with one attached hydrogen (secondary N) is 2. The second kappa shape index (κ2) is 8.33. The molecule has 26 heavy (non-hydrogen) atoms. The molecule has 0 spiro atoms. The van der Waals surface area contributed by atoms with Crippen LogP contribution in [-0.2, 0) is 14.8 Å². The van der Waals surface area contributed by atoms with Gasteiger partial charge in [0.05, 0.1) is 16.3 Å². The SMILES string of the molecule is O=C(CCNS(=O)(=O)c1ccccc1)Nc1ccccc1N1CCCC1. The largest absolute Gasteiger partial charge is 0.370 e. The van der Waals surface area contributed by atoms with Crippen molar-refractivity contribution in [3.8, 4) is 0 Å². The van der Waals surface area contributed by atoms with Crippen LogP contribution in [0.1, 0.15) is 19.3 Å². The molecule has 1 fully saturated rings. The molecule has 0 aromatic heterocycles. The average molecular weight is 373 g/mol. The first-order valence-electron chi connectivity index (χ1n) is 8.75. The maximum atomic E-state index is 12.2. The van der Waals surface area contributed by atoms with Crippen molar-refractivity contribution in [2.45, 2.75) is 24.2 Å². The van der Waals surface area contributed by atoms with Gasteiger partial charge in [-0.3, -0.25) is 4.79 Å². The molecule has 1 saturated heterocycles. The van der Waals surface area contributed by atoms with E-state index in [0.29, 0.717) is 0 Å². The number of amides is 1. The predicted molar refractivity (Wildman–Crippen MR) is 103 cm³/mol. The van der Waals surface area contributed by atoms with Gasteiger partial charge < -0.3 is 10.2 Å². The van der Waals surface area contributed by atoms with Crippen molar-refractivity contribution in [2.24, 2.45) is 0 Å². The van der Waals surface area contributed by atoms with Crippen molar-refractivity contribution in [2.75, 3.05) is 29.9 Å². The summed E-state index contributed by atoms with van der Waals surface area (Å²) in [5, 5.41) is 2.90. The number of carbonyl (C=O) groups is 1. The highest BCUT2D eigenvalue weighted by Crippen LogP contribution is 2.28. The van der Waals surface area contributed by atoms with E-state index in [9.17, 15) is 13.2 Å². The van der Waals surface area contributed by atoms with Crippen LogP contribution in [-0.4, -0.2) is 34.0 Å². The first-order chi connectivity index (χ1) is 12.6. The molecule has 0 atom stereocenters. The average Bonchev–Trinajstić information content (AvgIpc) is 3.17. The predicted octanol–water partition coefficient (Wildman–Crippen LogP) is 2.59. The Labute approximate surface area is 154 Å². The summed E-state index contributed by atoms with van der Waals surface area (Å²) in [5.41, 5.74) is 1.79. The van der Waals surface area contributed by atoms with Gasteiger partial charge in [-0.2, -0.15) is 0 Å². The van der Waals surface area contributed by atoms with Crippen LogP contribution in [0.15, 0.2) is 59.5 Å². The Balaban J connectivity index is 1.55. The number of rotatable bonds is 7. The van der Waals surface area contributed by atoms with Crippen molar-refractivity contribution >= 4 is 27.3 Å². The molecule has 6 nitrogen and oxygen atoms in total. The monoisotopic (exact) mass is 373 g/mol.